The van der Waals surface area contributed by atoms with Crippen LogP contribution in [0.15, 0.2) is 53.1 Å². The van der Waals surface area contributed by atoms with Crippen LogP contribution in [0, 0.1) is 19.8 Å². The summed E-state index contributed by atoms with van der Waals surface area (Å²) in [6, 6.07) is 16.5. The van der Waals surface area contributed by atoms with E-state index in [2.05, 4.69) is 58.5 Å². The quantitative estimate of drug-likeness (QED) is 0.579. The maximum Gasteiger partial charge on any atom is 0.241 e. The molecule has 1 amide bonds. The summed E-state index contributed by atoms with van der Waals surface area (Å²) in [5.74, 6) is 1.32. The summed E-state index contributed by atoms with van der Waals surface area (Å²) >= 11 is 0. The molecule has 4 rings (SSSR count). The number of rotatable bonds is 7. The number of benzene rings is 2. The van der Waals surface area contributed by atoms with Gasteiger partial charge in [0.25, 0.3) is 0 Å². The Hall–Kier alpha value is -2.99. The first-order valence-electron chi connectivity index (χ1n) is 11.5. The number of carbonyl (C=O) groups excluding carboxylic acids is 1. The fraction of sp³-hybridized carbons (Fsp3) is 0.423. The maximum absolute atomic E-state index is 13.0. The second kappa shape index (κ2) is 10.1. The number of likely N-dealkylation sites (tertiary alicyclic amines) is 1. The van der Waals surface area contributed by atoms with E-state index < -0.39 is 0 Å². The lowest BCUT2D eigenvalue weighted by atomic mass is 9.95. The Balaban J connectivity index is 1.36. The van der Waals surface area contributed by atoms with Gasteiger partial charge in [-0.25, -0.2) is 0 Å². The van der Waals surface area contributed by atoms with Crippen LogP contribution in [-0.4, -0.2) is 34.0 Å². The molecule has 1 aliphatic heterocycles. The lowest BCUT2D eigenvalue weighted by molar-refractivity contribution is -0.127. The van der Waals surface area contributed by atoms with Gasteiger partial charge in [0.05, 0.1) is 18.5 Å². The van der Waals surface area contributed by atoms with Crippen molar-refractivity contribution in [3.8, 4) is 11.4 Å². The first-order chi connectivity index (χ1) is 15.5. The number of hydrogen-bond acceptors (Lipinski definition) is 5. The zero-order chi connectivity index (χ0) is 22.5. The van der Waals surface area contributed by atoms with E-state index in [1.54, 1.807) is 0 Å². The van der Waals surface area contributed by atoms with Gasteiger partial charge >= 0.3 is 0 Å². The van der Waals surface area contributed by atoms with Crippen LogP contribution in [0.25, 0.3) is 11.4 Å². The van der Waals surface area contributed by atoms with Crippen LogP contribution in [0.4, 0.5) is 0 Å². The highest BCUT2D eigenvalue weighted by molar-refractivity contribution is 5.79. The average Bonchev–Trinajstić information content (AvgIpc) is 3.26. The van der Waals surface area contributed by atoms with Crippen molar-refractivity contribution in [2.75, 3.05) is 13.1 Å². The minimum absolute atomic E-state index is 0.0259. The summed E-state index contributed by atoms with van der Waals surface area (Å²) in [6.45, 7) is 8.43. The number of aryl methyl sites for hydroxylation is 2. The van der Waals surface area contributed by atoms with E-state index in [4.69, 9.17) is 4.52 Å². The number of carbonyl (C=O) groups is 1. The van der Waals surface area contributed by atoms with E-state index in [-0.39, 0.29) is 17.9 Å². The first-order valence-corrected chi connectivity index (χ1v) is 11.5. The first kappa shape index (κ1) is 22.2. The molecule has 0 aliphatic carbocycles. The molecule has 6 heteroatoms. The number of piperidine rings is 1. The molecular formula is C26H32N4O2. The number of amides is 1. The maximum atomic E-state index is 13.0. The Morgan fingerprint density at radius 3 is 2.72 bits per heavy atom. The summed E-state index contributed by atoms with van der Waals surface area (Å²) in [5, 5.41) is 7.44. The SMILES string of the molecule is CCC(NC(=O)C1CCCN(Cc2nc(-c3ccccc3C)no2)C1)c1ccc(C)cc1. The van der Waals surface area contributed by atoms with Gasteiger partial charge in [-0.05, 0) is 50.8 Å². The van der Waals surface area contributed by atoms with E-state index in [9.17, 15) is 4.79 Å². The van der Waals surface area contributed by atoms with E-state index >= 15 is 0 Å². The third-order valence-corrected chi connectivity index (χ3v) is 6.29. The zero-order valence-electron chi connectivity index (χ0n) is 19.2. The molecule has 1 aliphatic rings. The normalized spacial score (nSPS) is 17.8. The molecule has 6 nitrogen and oxygen atoms in total. The molecule has 3 aromatic rings. The second-order valence-corrected chi connectivity index (χ2v) is 8.78. The fourth-order valence-electron chi connectivity index (χ4n) is 4.37. The number of nitrogens with one attached hydrogen (secondary N) is 1. The Bertz CT molecular complexity index is 1040. The number of aromatic nitrogens is 2. The Labute approximate surface area is 190 Å². The highest BCUT2D eigenvalue weighted by Crippen LogP contribution is 2.24. The van der Waals surface area contributed by atoms with E-state index in [0.29, 0.717) is 24.8 Å². The smallest absolute Gasteiger partial charge is 0.241 e. The highest BCUT2D eigenvalue weighted by atomic mass is 16.5. The van der Waals surface area contributed by atoms with Crippen LogP contribution in [0.5, 0.6) is 0 Å². The van der Waals surface area contributed by atoms with Crippen molar-refractivity contribution in [1.82, 2.24) is 20.4 Å². The molecular weight excluding hydrogens is 400 g/mol. The molecule has 0 spiro atoms. The Morgan fingerprint density at radius 2 is 1.97 bits per heavy atom. The van der Waals surface area contributed by atoms with Crippen molar-refractivity contribution in [3.63, 3.8) is 0 Å². The van der Waals surface area contributed by atoms with E-state index in [1.165, 1.54) is 5.56 Å². The van der Waals surface area contributed by atoms with Crippen molar-refractivity contribution in [1.29, 1.82) is 0 Å². The molecule has 32 heavy (non-hydrogen) atoms. The summed E-state index contributed by atoms with van der Waals surface area (Å²) in [5.41, 5.74) is 4.49. The van der Waals surface area contributed by atoms with Crippen molar-refractivity contribution in [3.05, 3.63) is 71.1 Å². The highest BCUT2D eigenvalue weighted by Gasteiger charge is 2.28. The molecule has 1 N–H and O–H groups in total. The second-order valence-electron chi connectivity index (χ2n) is 8.78. The molecule has 0 bridgehead atoms. The van der Waals surface area contributed by atoms with Gasteiger partial charge in [-0.3, -0.25) is 9.69 Å². The molecule has 2 aromatic carbocycles. The monoisotopic (exact) mass is 432 g/mol. The van der Waals surface area contributed by atoms with Gasteiger partial charge in [0.2, 0.25) is 17.6 Å². The van der Waals surface area contributed by atoms with Crippen molar-refractivity contribution >= 4 is 5.91 Å². The third kappa shape index (κ3) is 5.25. The van der Waals surface area contributed by atoms with Gasteiger partial charge in [-0.15, -0.1) is 0 Å². The molecule has 2 atom stereocenters. The van der Waals surface area contributed by atoms with Crippen LogP contribution in [0.2, 0.25) is 0 Å². The standard InChI is InChI=1S/C26H32N4O2/c1-4-23(20-13-11-18(2)12-14-20)27-26(31)21-9-7-15-30(16-21)17-24-28-25(29-32-24)22-10-6-5-8-19(22)3/h5-6,8,10-14,21,23H,4,7,9,15-17H2,1-3H3,(H,27,31). The third-order valence-electron chi connectivity index (χ3n) is 6.29. The van der Waals surface area contributed by atoms with Gasteiger partial charge in [0, 0.05) is 12.1 Å². The molecule has 2 unspecified atom stereocenters. The Kier molecular flexibility index (Phi) is 7.00. The van der Waals surface area contributed by atoms with Gasteiger partial charge in [-0.1, -0.05) is 66.2 Å². The van der Waals surface area contributed by atoms with Gasteiger partial charge < -0.3 is 9.84 Å². The van der Waals surface area contributed by atoms with Crippen LogP contribution >= 0.6 is 0 Å². The van der Waals surface area contributed by atoms with Gasteiger partial charge in [0.15, 0.2) is 0 Å². The van der Waals surface area contributed by atoms with Crippen LogP contribution < -0.4 is 5.32 Å². The summed E-state index contributed by atoms with van der Waals surface area (Å²) in [7, 11) is 0. The van der Waals surface area contributed by atoms with Crippen LogP contribution in [0.3, 0.4) is 0 Å². The number of hydrogen-bond donors (Lipinski definition) is 1. The summed E-state index contributed by atoms with van der Waals surface area (Å²) < 4.78 is 5.52. The lowest BCUT2D eigenvalue weighted by Crippen LogP contribution is -2.43. The molecule has 168 valence electrons. The fourth-order valence-corrected chi connectivity index (χ4v) is 4.37. The zero-order valence-corrected chi connectivity index (χ0v) is 19.2. The Morgan fingerprint density at radius 1 is 1.19 bits per heavy atom. The topological polar surface area (TPSA) is 71.3 Å². The van der Waals surface area contributed by atoms with Gasteiger partial charge in [-0.2, -0.15) is 4.98 Å². The minimum atomic E-state index is -0.0259. The van der Waals surface area contributed by atoms with E-state index in [1.807, 2.05) is 31.2 Å². The average molecular weight is 433 g/mol. The number of nitrogens with zero attached hydrogens (tertiary/aromatic N) is 3. The predicted octanol–water partition coefficient (Wildman–Crippen LogP) is 4.83. The predicted molar refractivity (Wildman–Crippen MR) is 125 cm³/mol. The summed E-state index contributed by atoms with van der Waals surface area (Å²) in [4.78, 5) is 19.9. The lowest BCUT2D eigenvalue weighted by Gasteiger charge is -2.32. The van der Waals surface area contributed by atoms with Crippen molar-refractivity contribution in [2.45, 2.75) is 52.6 Å². The molecule has 1 fully saturated rings. The molecule has 1 aromatic heterocycles. The van der Waals surface area contributed by atoms with Crippen molar-refractivity contribution in [2.24, 2.45) is 5.92 Å². The van der Waals surface area contributed by atoms with E-state index in [0.717, 1.165) is 42.5 Å². The summed E-state index contributed by atoms with van der Waals surface area (Å²) in [6.07, 6.45) is 2.76. The largest absolute Gasteiger partial charge is 0.349 e. The molecule has 0 radical (unpaired) electrons. The molecule has 1 saturated heterocycles. The van der Waals surface area contributed by atoms with Crippen molar-refractivity contribution < 1.29 is 9.32 Å². The molecule has 2 heterocycles. The van der Waals surface area contributed by atoms with Crippen LogP contribution in [-0.2, 0) is 11.3 Å². The van der Waals surface area contributed by atoms with Gasteiger partial charge in [0.1, 0.15) is 0 Å². The molecule has 0 saturated carbocycles. The minimum Gasteiger partial charge on any atom is -0.349 e. The van der Waals surface area contributed by atoms with Crippen LogP contribution in [0.1, 0.15) is 54.8 Å².